The van der Waals surface area contributed by atoms with E-state index in [1.807, 2.05) is 72.5 Å². The van der Waals surface area contributed by atoms with Gasteiger partial charge in [-0.1, -0.05) is 36.4 Å². The lowest BCUT2D eigenvalue weighted by molar-refractivity contribution is 0.0693. The fourth-order valence-electron chi connectivity index (χ4n) is 9.46. The fourth-order valence-corrected chi connectivity index (χ4v) is 9.46. The van der Waals surface area contributed by atoms with Crippen molar-refractivity contribution in [2.24, 2.45) is 0 Å². The zero-order chi connectivity index (χ0) is 48.4. The lowest BCUT2D eigenvalue weighted by atomic mass is 9.88. The molecular formula is C56H63ClN8O5. The molecule has 4 N–H and O–H groups in total. The summed E-state index contributed by atoms with van der Waals surface area (Å²) in [6.07, 6.45) is 8.95. The number of benzene rings is 4. The van der Waals surface area contributed by atoms with E-state index in [1.54, 1.807) is 26.4 Å². The molecule has 70 heavy (non-hydrogen) atoms. The number of carbonyl (C=O) groups is 2. The van der Waals surface area contributed by atoms with Crippen LogP contribution in [0.1, 0.15) is 152 Å². The first kappa shape index (κ1) is 51.2. The summed E-state index contributed by atoms with van der Waals surface area (Å²) in [4.78, 5) is 42.8. The number of nitrogens with zero attached hydrogens (tertiary/aromatic N) is 5. The van der Waals surface area contributed by atoms with Crippen molar-refractivity contribution in [1.29, 1.82) is 10.5 Å². The number of piperidine rings is 2. The Labute approximate surface area is 417 Å². The predicted molar refractivity (Wildman–Crippen MR) is 272 cm³/mol. The second-order valence-corrected chi connectivity index (χ2v) is 18.7. The van der Waals surface area contributed by atoms with Gasteiger partial charge in [0, 0.05) is 67.2 Å². The molecule has 6 aromatic rings. The van der Waals surface area contributed by atoms with Crippen molar-refractivity contribution in [1.82, 2.24) is 30.2 Å². The molecule has 0 bridgehead atoms. The Morgan fingerprint density at radius 3 is 1.47 bits per heavy atom. The van der Waals surface area contributed by atoms with E-state index in [0.29, 0.717) is 42.4 Å². The number of imidazole rings is 2. The number of hydrogen-bond acceptors (Lipinski definition) is 9. The van der Waals surface area contributed by atoms with Crippen LogP contribution in [0.4, 0.5) is 0 Å². The lowest BCUT2D eigenvalue weighted by Crippen LogP contribution is -2.37. The molecule has 0 spiro atoms. The molecule has 14 heteroatoms. The van der Waals surface area contributed by atoms with Crippen LogP contribution in [0.15, 0.2) is 84.9 Å². The van der Waals surface area contributed by atoms with Crippen LogP contribution in [-0.4, -0.2) is 82.2 Å². The first-order valence-electron chi connectivity index (χ1n) is 24.2. The molecule has 1 amide bonds. The van der Waals surface area contributed by atoms with Gasteiger partial charge in [-0.2, -0.15) is 10.5 Å². The number of H-pyrrole nitrogens is 2. The van der Waals surface area contributed by atoms with Crippen LogP contribution >= 0.6 is 12.4 Å². The van der Waals surface area contributed by atoms with Crippen molar-refractivity contribution in [3.05, 3.63) is 152 Å². The summed E-state index contributed by atoms with van der Waals surface area (Å²) in [5, 5.41) is 30.2. The Morgan fingerprint density at radius 1 is 0.629 bits per heavy atom. The van der Waals surface area contributed by atoms with Gasteiger partial charge in [-0.15, -0.1) is 12.4 Å². The number of amides is 1. The third-order valence-electron chi connectivity index (χ3n) is 13.7. The molecule has 4 fully saturated rings. The number of carbonyl (C=O) groups excluding carboxylic acids is 1. The Morgan fingerprint density at radius 2 is 1.06 bits per heavy atom. The number of aromatic carboxylic acids is 1. The number of hydrogen-bond donors (Lipinski definition) is 4. The average Bonchev–Trinajstić information content (AvgIpc) is 4.34. The van der Waals surface area contributed by atoms with Gasteiger partial charge in [-0.25, -0.2) is 14.8 Å². The predicted octanol–water partition coefficient (Wildman–Crippen LogP) is 10.9. The van der Waals surface area contributed by atoms with Gasteiger partial charge in [0.15, 0.2) is 0 Å². The van der Waals surface area contributed by atoms with Crippen molar-refractivity contribution < 1.29 is 24.2 Å². The van der Waals surface area contributed by atoms with Gasteiger partial charge in [0.25, 0.3) is 5.91 Å². The number of carboxylic acid groups (broad SMARTS) is 1. The van der Waals surface area contributed by atoms with Crippen molar-refractivity contribution in [3.63, 3.8) is 0 Å². The van der Waals surface area contributed by atoms with Crippen molar-refractivity contribution in [3.8, 4) is 34.7 Å². The van der Waals surface area contributed by atoms with Crippen LogP contribution in [0.3, 0.4) is 0 Å². The maximum absolute atomic E-state index is 13.4. The number of aromatic amines is 2. The van der Waals surface area contributed by atoms with E-state index >= 15 is 0 Å². The first-order valence-corrected chi connectivity index (χ1v) is 24.2. The molecule has 10 rings (SSSR count). The number of methoxy groups -OCH3 is 2. The third-order valence-corrected chi connectivity index (χ3v) is 13.7. The normalized spacial score (nSPS) is 15.8. The Kier molecular flexibility index (Phi) is 17.4. The lowest BCUT2D eigenvalue weighted by Gasteiger charge is -2.32. The summed E-state index contributed by atoms with van der Waals surface area (Å²) in [6, 6.07) is 31.3. The topological polar surface area (TPSA) is 193 Å². The highest BCUT2D eigenvalue weighted by atomic mass is 35.5. The van der Waals surface area contributed by atoms with Gasteiger partial charge in [-0.3, -0.25) is 4.79 Å². The monoisotopic (exact) mass is 962 g/mol. The summed E-state index contributed by atoms with van der Waals surface area (Å²) in [5.74, 6) is 2.92. The van der Waals surface area contributed by atoms with E-state index in [0.717, 1.165) is 114 Å². The Balaban J connectivity index is 0.000000170. The molecule has 0 radical (unpaired) electrons. The first-order chi connectivity index (χ1) is 33.6. The van der Waals surface area contributed by atoms with Crippen LogP contribution in [0.25, 0.3) is 22.5 Å². The van der Waals surface area contributed by atoms with Gasteiger partial charge in [0.1, 0.15) is 24.9 Å². The number of likely N-dealkylation sites (tertiary alicyclic amines) is 1. The zero-order valence-electron chi connectivity index (χ0n) is 40.5. The minimum absolute atomic E-state index is 0. The summed E-state index contributed by atoms with van der Waals surface area (Å²) in [5.41, 5.74) is 13.2. The molecule has 4 aromatic carbocycles. The van der Waals surface area contributed by atoms with Crippen LogP contribution < -0.4 is 5.32 Å². The maximum Gasteiger partial charge on any atom is 0.335 e. The van der Waals surface area contributed by atoms with Crippen molar-refractivity contribution in [2.75, 3.05) is 40.4 Å². The van der Waals surface area contributed by atoms with Crippen LogP contribution in [0.2, 0.25) is 0 Å². The quantitative estimate of drug-likeness (QED) is 0.0917. The van der Waals surface area contributed by atoms with E-state index in [2.05, 4.69) is 51.5 Å². The number of nitriles is 2. The van der Waals surface area contributed by atoms with Gasteiger partial charge >= 0.3 is 5.97 Å². The molecule has 2 aromatic heterocycles. The number of ether oxygens (including phenoxy) is 2. The Hall–Kier alpha value is -6.61. The number of aromatic nitrogens is 4. The minimum atomic E-state index is -0.920. The highest BCUT2D eigenvalue weighted by Crippen LogP contribution is 2.45. The van der Waals surface area contributed by atoms with E-state index in [1.165, 1.54) is 42.5 Å². The maximum atomic E-state index is 13.4. The highest BCUT2D eigenvalue weighted by Gasteiger charge is 2.32. The molecule has 0 unspecified atom stereocenters. The standard InChI is InChI=1S/C28H30N4O2.C16H18N2O3.C12H14N2.ClH/c1-18-3-6-23(15-24(18)27-26(22-9-10-22)30-25(31-27)17-34-2)28(33)32-13-11-21(12-14-32)20-7-4-19(16-29)5-8-20;1-9-3-4-11(16(19)20)7-12(9)15-14(10-5-6-10)17-13(18-15)8-21-2;13-9-10-1-3-11(4-2-10)12-5-7-14-8-6-12;/h3-8,15,21-22H,9-14,17H2,1-2H3,(H,30,31);3-4,7,10H,5-6,8H2,1-2H3,(H,17,18)(H,19,20);1-4,12,14H,5-8H2;1H. The van der Waals surface area contributed by atoms with E-state index in [9.17, 15) is 14.7 Å². The average molecular weight is 964 g/mol. The zero-order valence-corrected chi connectivity index (χ0v) is 41.3. The van der Waals surface area contributed by atoms with E-state index < -0.39 is 5.97 Å². The van der Waals surface area contributed by atoms with Crippen molar-refractivity contribution in [2.45, 2.75) is 102 Å². The smallest absolute Gasteiger partial charge is 0.335 e. The van der Waals surface area contributed by atoms with Gasteiger partial charge < -0.3 is 34.8 Å². The SMILES string of the molecule is COCc1nc(-c2cc(C(=O)N3CCC(c4ccc(C#N)cc4)CC3)ccc2C)c(C2CC2)[nH]1.COCc1nc(-c2cc(C(=O)O)ccc2C)c(C2CC2)[nH]1.Cl.N#Cc1ccc(C2CCNCC2)cc1. The van der Waals surface area contributed by atoms with Crippen molar-refractivity contribution >= 4 is 24.3 Å². The molecule has 2 saturated carbocycles. The van der Waals surface area contributed by atoms with Gasteiger partial charge in [0.2, 0.25) is 0 Å². The number of halogens is 1. The number of aryl methyl sites for hydroxylation is 2. The number of nitrogens with one attached hydrogen (secondary N) is 3. The molecular weight excluding hydrogens is 900 g/mol. The third kappa shape index (κ3) is 12.6. The minimum Gasteiger partial charge on any atom is -0.478 e. The molecule has 2 saturated heterocycles. The molecule has 4 heterocycles. The largest absolute Gasteiger partial charge is 0.478 e. The summed E-state index contributed by atoms with van der Waals surface area (Å²) < 4.78 is 10.4. The second-order valence-electron chi connectivity index (χ2n) is 18.7. The summed E-state index contributed by atoms with van der Waals surface area (Å²) in [6.45, 7) is 8.63. The number of carboxylic acids is 1. The molecule has 13 nitrogen and oxygen atoms in total. The second kappa shape index (κ2) is 23.8. The van der Waals surface area contributed by atoms with E-state index in [-0.39, 0.29) is 23.9 Å². The van der Waals surface area contributed by atoms with Crippen LogP contribution in [0, 0.1) is 36.5 Å². The molecule has 0 atom stereocenters. The summed E-state index contributed by atoms with van der Waals surface area (Å²) in [7, 11) is 3.31. The van der Waals surface area contributed by atoms with Crippen LogP contribution in [0.5, 0.6) is 0 Å². The fraction of sp³-hybridized carbons (Fsp3) is 0.393. The molecule has 4 aliphatic rings. The highest BCUT2D eigenvalue weighted by molar-refractivity contribution is 5.96. The Bertz CT molecular complexity index is 2820. The van der Waals surface area contributed by atoms with Gasteiger partial charge in [-0.05, 0) is 161 Å². The molecule has 2 aliphatic carbocycles. The number of rotatable bonds is 12. The van der Waals surface area contributed by atoms with E-state index in [4.69, 9.17) is 25.0 Å². The van der Waals surface area contributed by atoms with Gasteiger partial charge in [0.05, 0.1) is 40.2 Å². The molecule has 2 aliphatic heterocycles. The summed E-state index contributed by atoms with van der Waals surface area (Å²) >= 11 is 0. The molecule has 364 valence electrons. The van der Waals surface area contributed by atoms with Crippen LogP contribution in [-0.2, 0) is 22.7 Å².